The number of ketones is 1. The zero-order valence-corrected chi connectivity index (χ0v) is 14.0. The van der Waals surface area contributed by atoms with Gasteiger partial charge in [-0.3, -0.25) is 9.36 Å². The first-order chi connectivity index (χ1) is 11.7. The number of hydrogen-bond donors (Lipinski definition) is 0. The van der Waals surface area contributed by atoms with E-state index in [2.05, 4.69) is 20.9 Å². The van der Waals surface area contributed by atoms with Crippen molar-refractivity contribution in [2.24, 2.45) is 0 Å². The molecule has 1 aliphatic rings. The highest BCUT2D eigenvalue weighted by molar-refractivity contribution is 9.10. The third-order valence-electron chi connectivity index (χ3n) is 4.34. The van der Waals surface area contributed by atoms with Crippen LogP contribution in [0.3, 0.4) is 0 Å². The maximum Gasteiger partial charge on any atom is 0.198 e. The summed E-state index contributed by atoms with van der Waals surface area (Å²) < 4.78 is 2.76. The van der Waals surface area contributed by atoms with Crippen molar-refractivity contribution in [1.29, 1.82) is 0 Å². The molecule has 0 atom stereocenters. The average molecular weight is 376 g/mol. The maximum absolute atomic E-state index is 13.0. The Morgan fingerprint density at radius 3 is 2.62 bits per heavy atom. The van der Waals surface area contributed by atoms with Crippen LogP contribution in [0.2, 0.25) is 0 Å². The van der Waals surface area contributed by atoms with E-state index in [-0.39, 0.29) is 5.78 Å². The molecule has 2 aromatic carbocycles. The number of halogens is 1. The van der Waals surface area contributed by atoms with Crippen LogP contribution in [0.5, 0.6) is 0 Å². The SMILES string of the molecule is O=C1c2ccccc2-c2c1c(-n1ccnc1)nc1ccc(Br)cc21. The summed E-state index contributed by atoms with van der Waals surface area (Å²) in [4.78, 5) is 21.9. The molecule has 2 heterocycles. The van der Waals surface area contributed by atoms with Gasteiger partial charge in [-0.2, -0.15) is 0 Å². The molecule has 0 saturated heterocycles. The van der Waals surface area contributed by atoms with Gasteiger partial charge in [0.05, 0.1) is 11.1 Å². The molecule has 0 radical (unpaired) electrons. The third kappa shape index (κ3) is 1.76. The van der Waals surface area contributed by atoms with Gasteiger partial charge in [0.25, 0.3) is 0 Å². The lowest BCUT2D eigenvalue weighted by atomic mass is 10.0. The molecule has 0 amide bonds. The largest absolute Gasteiger partial charge is 0.290 e. The van der Waals surface area contributed by atoms with E-state index >= 15 is 0 Å². The second kappa shape index (κ2) is 4.85. The zero-order chi connectivity index (χ0) is 16.3. The minimum absolute atomic E-state index is 0.0127. The first-order valence-corrected chi connectivity index (χ1v) is 8.29. The zero-order valence-electron chi connectivity index (χ0n) is 12.4. The highest BCUT2D eigenvalue weighted by atomic mass is 79.9. The average Bonchev–Trinajstić information content (AvgIpc) is 3.23. The Hall–Kier alpha value is -2.79. The molecule has 0 fully saturated rings. The smallest absolute Gasteiger partial charge is 0.198 e. The van der Waals surface area contributed by atoms with E-state index in [1.165, 1.54) is 0 Å². The van der Waals surface area contributed by atoms with Gasteiger partial charge in [0, 0.05) is 33.4 Å². The van der Waals surface area contributed by atoms with E-state index in [9.17, 15) is 4.79 Å². The van der Waals surface area contributed by atoms with E-state index in [4.69, 9.17) is 4.98 Å². The van der Waals surface area contributed by atoms with Gasteiger partial charge >= 0.3 is 0 Å². The van der Waals surface area contributed by atoms with E-state index in [0.29, 0.717) is 11.4 Å². The van der Waals surface area contributed by atoms with Crippen LogP contribution < -0.4 is 0 Å². The molecule has 114 valence electrons. The summed E-state index contributed by atoms with van der Waals surface area (Å²) in [6.07, 6.45) is 5.17. The number of nitrogens with zero attached hydrogens (tertiary/aromatic N) is 3. The van der Waals surface area contributed by atoms with Gasteiger partial charge < -0.3 is 0 Å². The fourth-order valence-corrected chi connectivity index (χ4v) is 3.68. The number of pyridine rings is 1. The first kappa shape index (κ1) is 13.6. The number of imidazole rings is 1. The van der Waals surface area contributed by atoms with E-state index < -0.39 is 0 Å². The quantitative estimate of drug-likeness (QED) is 0.436. The monoisotopic (exact) mass is 375 g/mol. The Morgan fingerprint density at radius 2 is 1.83 bits per heavy atom. The Kier molecular flexibility index (Phi) is 2.76. The number of benzene rings is 2. The summed E-state index contributed by atoms with van der Waals surface area (Å²) in [5.41, 5.74) is 4.13. The van der Waals surface area contributed by atoms with Crippen LogP contribution in [0.1, 0.15) is 15.9 Å². The second-order valence-electron chi connectivity index (χ2n) is 5.69. The second-order valence-corrected chi connectivity index (χ2v) is 6.61. The van der Waals surface area contributed by atoms with Gasteiger partial charge in [-0.1, -0.05) is 40.2 Å². The molecule has 1 aliphatic carbocycles. The highest BCUT2D eigenvalue weighted by Gasteiger charge is 2.32. The van der Waals surface area contributed by atoms with Gasteiger partial charge in [0.2, 0.25) is 0 Å². The fraction of sp³-hybridized carbons (Fsp3) is 0. The minimum Gasteiger partial charge on any atom is -0.290 e. The Morgan fingerprint density at radius 1 is 1.00 bits per heavy atom. The predicted molar refractivity (Wildman–Crippen MR) is 95.4 cm³/mol. The summed E-state index contributed by atoms with van der Waals surface area (Å²) in [7, 11) is 0. The van der Waals surface area contributed by atoms with Crippen LogP contribution in [0.25, 0.3) is 27.8 Å². The number of carbonyl (C=O) groups excluding carboxylic acids is 1. The van der Waals surface area contributed by atoms with Crippen LogP contribution in [0, 0.1) is 0 Å². The number of carbonyl (C=O) groups is 1. The molecule has 0 unspecified atom stereocenters. The summed E-state index contributed by atoms with van der Waals surface area (Å²) in [5.74, 6) is 0.636. The highest BCUT2D eigenvalue weighted by Crippen LogP contribution is 2.43. The summed E-state index contributed by atoms with van der Waals surface area (Å²) in [6, 6.07) is 13.7. The van der Waals surface area contributed by atoms with Crippen LogP contribution in [0.15, 0.2) is 65.7 Å². The summed E-state index contributed by atoms with van der Waals surface area (Å²) in [6.45, 7) is 0. The van der Waals surface area contributed by atoms with Gasteiger partial charge in [-0.05, 0) is 23.8 Å². The normalized spacial score (nSPS) is 12.5. The molecule has 24 heavy (non-hydrogen) atoms. The van der Waals surface area contributed by atoms with Crippen molar-refractivity contribution in [3.8, 4) is 16.9 Å². The third-order valence-corrected chi connectivity index (χ3v) is 4.84. The van der Waals surface area contributed by atoms with E-state index in [1.807, 2.05) is 48.7 Å². The summed E-state index contributed by atoms with van der Waals surface area (Å²) >= 11 is 3.53. The molecular weight excluding hydrogens is 366 g/mol. The van der Waals surface area contributed by atoms with Gasteiger partial charge in [-0.25, -0.2) is 9.97 Å². The molecule has 4 aromatic rings. The first-order valence-electron chi connectivity index (χ1n) is 7.50. The van der Waals surface area contributed by atoms with Crippen LogP contribution in [0.4, 0.5) is 0 Å². The van der Waals surface area contributed by atoms with E-state index in [1.54, 1.807) is 17.1 Å². The lowest BCUT2D eigenvalue weighted by molar-refractivity contribution is 0.104. The number of aromatic nitrogens is 3. The molecule has 5 rings (SSSR count). The predicted octanol–water partition coefficient (Wildman–Crippen LogP) is 4.39. The number of rotatable bonds is 1. The molecule has 0 saturated carbocycles. The van der Waals surface area contributed by atoms with Crippen LogP contribution in [-0.2, 0) is 0 Å². The Bertz CT molecular complexity index is 1130. The molecule has 2 aromatic heterocycles. The number of hydrogen-bond acceptors (Lipinski definition) is 3. The van der Waals surface area contributed by atoms with Crippen molar-refractivity contribution in [2.75, 3.05) is 0 Å². The molecule has 0 aliphatic heterocycles. The molecule has 0 bridgehead atoms. The summed E-state index contributed by atoms with van der Waals surface area (Å²) in [5, 5.41) is 0.974. The van der Waals surface area contributed by atoms with Crippen molar-refractivity contribution in [2.45, 2.75) is 0 Å². The molecule has 4 nitrogen and oxygen atoms in total. The van der Waals surface area contributed by atoms with Crippen molar-refractivity contribution >= 4 is 32.6 Å². The Balaban J connectivity index is 2.00. The standard InChI is InChI=1S/C19H10BrN3O/c20-11-5-6-15-14(9-11)16-12-3-1-2-4-13(12)18(24)17(16)19(22-15)23-8-7-21-10-23/h1-10H. The number of fused-ring (bicyclic) bond motifs is 5. The van der Waals surface area contributed by atoms with Crippen molar-refractivity contribution in [1.82, 2.24) is 14.5 Å². The molecule has 0 N–H and O–H groups in total. The van der Waals surface area contributed by atoms with Crippen molar-refractivity contribution in [3.05, 3.63) is 76.8 Å². The van der Waals surface area contributed by atoms with Crippen LogP contribution in [-0.4, -0.2) is 20.3 Å². The lowest BCUT2D eigenvalue weighted by Crippen LogP contribution is -2.06. The topological polar surface area (TPSA) is 47.8 Å². The fourth-order valence-electron chi connectivity index (χ4n) is 3.32. The van der Waals surface area contributed by atoms with Gasteiger partial charge in [-0.15, -0.1) is 0 Å². The lowest BCUT2D eigenvalue weighted by Gasteiger charge is -2.11. The van der Waals surface area contributed by atoms with Crippen LogP contribution >= 0.6 is 15.9 Å². The Labute approximate surface area is 145 Å². The van der Waals surface area contributed by atoms with Crippen molar-refractivity contribution in [3.63, 3.8) is 0 Å². The molecule has 5 heteroatoms. The molecule has 0 spiro atoms. The van der Waals surface area contributed by atoms with Gasteiger partial charge in [0.1, 0.15) is 6.33 Å². The van der Waals surface area contributed by atoms with Gasteiger partial charge in [0.15, 0.2) is 11.6 Å². The minimum atomic E-state index is 0.0127. The maximum atomic E-state index is 13.0. The van der Waals surface area contributed by atoms with Crippen molar-refractivity contribution < 1.29 is 4.79 Å². The van der Waals surface area contributed by atoms with E-state index in [0.717, 1.165) is 32.1 Å². The molecular formula is C19H10BrN3O.